The van der Waals surface area contributed by atoms with Crippen molar-refractivity contribution in [3.05, 3.63) is 58.5 Å². The molecule has 0 atom stereocenters. The smallest absolute Gasteiger partial charge is 0.241 e. The first kappa shape index (κ1) is 15.4. The first-order valence-corrected chi connectivity index (χ1v) is 7.24. The number of Topliss-reactive ketones (excluding diaryl/α,β-unsaturated/α-hetero) is 1. The number of ether oxygens (including phenoxy) is 1. The van der Waals surface area contributed by atoms with Crippen molar-refractivity contribution in [1.82, 2.24) is 9.97 Å². The van der Waals surface area contributed by atoms with Crippen molar-refractivity contribution in [1.29, 1.82) is 0 Å². The number of carbonyl (C=O) groups excluding carboxylic acids is 1. The molecule has 1 aromatic heterocycles. The highest BCUT2D eigenvalue weighted by atomic mass is 35.5. The highest BCUT2D eigenvalue weighted by Gasteiger charge is 2.16. The SMILES string of the molecule is CC(=O)c1c(Cl)cccc1Oc1nc2ccc(F)cc2nc1C. The molecule has 0 aliphatic rings. The number of hydrogen-bond acceptors (Lipinski definition) is 4. The summed E-state index contributed by atoms with van der Waals surface area (Å²) in [6, 6.07) is 9.07. The van der Waals surface area contributed by atoms with E-state index in [1.54, 1.807) is 25.1 Å². The van der Waals surface area contributed by atoms with Crippen molar-refractivity contribution in [2.24, 2.45) is 0 Å². The van der Waals surface area contributed by atoms with Crippen LogP contribution in [0.3, 0.4) is 0 Å². The summed E-state index contributed by atoms with van der Waals surface area (Å²) >= 11 is 6.06. The van der Waals surface area contributed by atoms with Crippen LogP contribution in [0.5, 0.6) is 11.6 Å². The summed E-state index contributed by atoms with van der Waals surface area (Å²) in [4.78, 5) is 20.4. The molecule has 6 heteroatoms. The van der Waals surface area contributed by atoms with Crippen LogP contribution in [0.4, 0.5) is 4.39 Å². The number of carbonyl (C=O) groups is 1. The van der Waals surface area contributed by atoms with Crippen molar-refractivity contribution < 1.29 is 13.9 Å². The predicted octanol–water partition coefficient (Wildman–Crippen LogP) is 4.73. The highest BCUT2D eigenvalue weighted by molar-refractivity contribution is 6.34. The second-order valence-electron chi connectivity index (χ2n) is 5.02. The minimum absolute atomic E-state index is 0.209. The summed E-state index contributed by atoms with van der Waals surface area (Å²) in [7, 11) is 0. The van der Waals surface area contributed by atoms with E-state index in [4.69, 9.17) is 16.3 Å². The van der Waals surface area contributed by atoms with Crippen LogP contribution in [-0.4, -0.2) is 15.8 Å². The van der Waals surface area contributed by atoms with Gasteiger partial charge in [-0.25, -0.2) is 14.4 Å². The number of benzene rings is 2. The molecule has 3 rings (SSSR count). The average molecular weight is 331 g/mol. The van der Waals surface area contributed by atoms with Gasteiger partial charge in [0.2, 0.25) is 5.88 Å². The maximum absolute atomic E-state index is 13.3. The minimum atomic E-state index is -0.381. The lowest BCUT2D eigenvalue weighted by Crippen LogP contribution is -2.01. The molecule has 0 aliphatic heterocycles. The Morgan fingerprint density at radius 1 is 1.17 bits per heavy atom. The van der Waals surface area contributed by atoms with E-state index in [0.29, 0.717) is 27.5 Å². The number of hydrogen-bond donors (Lipinski definition) is 0. The summed E-state index contributed by atoms with van der Waals surface area (Å²) in [6.45, 7) is 3.11. The zero-order chi connectivity index (χ0) is 16.6. The fourth-order valence-corrected chi connectivity index (χ4v) is 2.53. The Morgan fingerprint density at radius 2 is 1.96 bits per heavy atom. The molecule has 116 valence electrons. The first-order chi connectivity index (χ1) is 11.0. The molecule has 4 nitrogen and oxygen atoms in total. The maximum Gasteiger partial charge on any atom is 0.241 e. The molecule has 23 heavy (non-hydrogen) atoms. The number of halogens is 2. The van der Waals surface area contributed by atoms with E-state index in [1.165, 1.54) is 25.1 Å². The third kappa shape index (κ3) is 3.00. The maximum atomic E-state index is 13.3. The van der Waals surface area contributed by atoms with Gasteiger partial charge in [-0.15, -0.1) is 0 Å². The van der Waals surface area contributed by atoms with Crippen molar-refractivity contribution in [3.8, 4) is 11.6 Å². The number of rotatable bonds is 3. The third-order valence-corrected chi connectivity index (χ3v) is 3.61. The number of aromatic nitrogens is 2. The number of ketones is 1. The molecule has 0 fully saturated rings. The van der Waals surface area contributed by atoms with Crippen molar-refractivity contribution >= 4 is 28.4 Å². The van der Waals surface area contributed by atoms with E-state index in [2.05, 4.69) is 9.97 Å². The van der Waals surface area contributed by atoms with Crippen LogP contribution >= 0.6 is 11.6 Å². The zero-order valence-corrected chi connectivity index (χ0v) is 13.2. The second kappa shape index (κ2) is 5.93. The van der Waals surface area contributed by atoms with Gasteiger partial charge in [-0.05, 0) is 38.1 Å². The van der Waals surface area contributed by atoms with Crippen LogP contribution in [0.2, 0.25) is 5.02 Å². The molecule has 0 saturated carbocycles. The molecule has 0 unspecified atom stereocenters. The molecule has 0 radical (unpaired) electrons. The van der Waals surface area contributed by atoms with E-state index in [1.807, 2.05) is 0 Å². The molecule has 0 aliphatic carbocycles. The Morgan fingerprint density at radius 3 is 2.70 bits per heavy atom. The standard InChI is InChI=1S/C17H12ClFN2O2/c1-9-17(21-13-7-6-11(19)8-14(13)20-9)23-15-5-3-4-12(18)16(15)10(2)22/h3-8H,1-2H3. The van der Waals surface area contributed by atoms with Crippen LogP contribution in [0.15, 0.2) is 36.4 Å². The molecule has 3 aromatic rings. The van der Waals surface area contributed by atoms with Gasteiger partial charge in [-0.2, -0.15) is 0 Å². The average Bonchev–Trinajstić information content (AvgIpc) is 2.48. The van der Waals surface area contributed by atoms with Gasteiger partial charge in [0.25, 0.3) is 0 Å². The van der Waals surface area contributed by atoms with Gasteiger partial charge in [-0.3, -0.25) is 4.79 Å². The number of aryl methyl sites for hydroxylation is 1. The zero-order valence-electron chi connectivity index (χ0n) is 12.4. The summed E-state index contributed by atoms with van der Waals surface area (Å²) in [5.41, 5.74) is 1.71. The summed E-state index contributed by atoms with van der Waals surface area (Å²) in [5, 5.41) is 0.309. The van der Waals surface area contributed by atoms with Crippen LogP contribution in [0.25, 0.3) is 11.0 Å². The molecule has 0 N–H and O–H groups in total. The van der Waals surface area contributed by atoms with Crippen molar-refractivity contribution in [2.45, 2.75) is 13.8 Å². The number of fused-ring (bicyclic) bond motifs is 1. The summed E-state index contributed by atoms with van der Waals surface area (Å²) in [5.74, 6) is -0.0367. The Kier molecular flexibility index (Phi) is 3.96. The lowest BCUT2D eigenvalue weighted by molar-refractivity contribution is 0.101. The summed E-state index contributed by atoms with van der Waals surface area (Å²) in [6.07, 6.45) is 0. The Balaban J connectivity index is 2.09. The molecular formula is C17H12ClFN2O2. The molecular weight excluding hydrogens is 319 g/mol. The van der Waals surface area contributed by atoms with Crippen LogP contribution in [-0.2, 0) is 0 Å². The van der Waals surface area contributed by atoms with E-state index in [0.717, 1.165) is 0 Å². The van der Waals surface area contributed by atoms with E-state index in [-0.39, 0.29) is 23.0 Å². The molecule has 0 bridgehead atoms. The largest absolute Gasteiger partial charge is 0.436 e. The van der Waals surface area contributed by atoms with Gasteiger partial charge in [-0.1, -0.05) is 17.7 Å². The van der Waals surface area contributed by atoms with Gasteiger partial charge in [0, 0.05) is 6.07 Å². The first-order valence-electron chi connectivity index (χ1n) is 6.87. The fraction of sp³-hybridized carbons (Fsp3) is 0.118. The normalized spacial score (nSPS) is 10.8. The molecule has 0 spiro atoms. The van der Waals surface area contributed by atoms with Crippen LogP contribution < -0.4 is 4.74 Å². The molecule has 2 aromatic carbocycles. The fourth-order valence-electron chi connectivity index (χ4n) is 2.23. The Hall–Kier alpha value is -2.53. The topological polar surface area (TPSA) is 52.1 Å². The number of nitrogens with zero attached hydrogens (tertiary/aromatic N) is 2. The van der Waals surface area contributed by atoms with E-state index < -0.39 is 0 Å². The van der Waals surface area contributed by atoms with E-state index in [9.17, 15) is 9.18 Å². The third-order valence-electron chi connectivity index (χ3n) is 3.29. The van der Waals surface area contributed by atoms with Gasteiger partial charge in [0.1, 0.15) is 17.3 Å². The Bertz CT molecular complexity index is 928. The van der Waals surface area contributed by atoms with Crippen molar-refractivity contribution in [3.63, 3.8) is 0 Å². The van der Waals surface area contributed by atoms with Gasteiger partial charge >= 0.3 is 0 Å². The van der Waals surface area contributed by atoms with Crippen LogP contribution in [0, 0.1) is 12.7 Å². The monoisotopic (exact) mass is 330 g/mol. The minimum Gasteiger partial charge on any atom is -0.436 e. The van der Waals surface area contributed by atoms with E-state index >= 15 is 0 Å². The lowest BCUT2D eigenvalue weighted by atomic mass is 10.1. The lowest BCUT2D eigenvalue weighted by Gasteiger charge is -2.12. The predicted molar refractivity (Wildman–Crippen MR) is 85.8 cm³/mol. The van der Waals surface area contributed by atoms with Gasteiger partial charge in [0.15, 0.2) is 5.78 Å². The Labute approximate surface area is 136 Å². The van der Waals surface area contributed by atoms with Crippen molar-refractivity contribution in [2.75, 3.05) is 0 Å². The van der Waals surface area contributed by atoms with Crippen LogP contribution in [0.1, 0.15) is 23.0 Å². The van der Waals surface area contributed by atoms with Gasteiger partial charge < -0.3 is 4.74 Å². The quantitative estimate of drug-likeness (QED) is 0.652. The summed E-state index contributed by atoms with van der Waals surface area (Å²) < 4.78 is 19.0. The second-order valence-corrected chi connectivity index (χ2v) is 5.43. The van der Waals surface area contributed by atoms with Gasteiger partial charge in [0.05, 0.1) is 21.6 Å². The molecule has 0 saturated heterocycles. The highest BCUT2D eigenvalue weighted by Crippen LogP contribution is 2.31. The molecule has 0 amide bonds. The molecule has 1 heterocycles.